The summed E-state index contributed by atoms with van der Waals surface area (Å²) in [6.07, 6.45) is 2.68. The summed E-state index contributed by atoms with van der Waals surface area (Å²) in [5.74, 6) is 0.0403. The Labute approximate surface area is 126 Å². The summed E-state index contributed by atoms with van der Waals surface area (Å²) in [5.41, 5.74) is 3.30. The van der Waals surface area contributed by atoms with Crippen molar-refractivity contribution in [1.82, 2.24) is 0 Å². The van der Waals surface area contributed by atoms with E-state index in [1.54, 1.807) is 0 Å². The molecule has 0 saturated heterocycles. The Bertz CT molecular complexity index is 549. The molecule has 0 spiro atoms. The average molecular weight is 282 g/mol. The Hall–Kier alpha value is -2.29. The van der Waals surface area contributed by atoms with Crippen LogP contribution >= 0.6 is 0 Å². The molecule has 2 aromatic carbocycles. The van der Waals surface area contributed by atoms with Gasteiger partial charge in [-0.3, -0.25) is 4.79 Å². The van der Waals surface area contributed by atoms with Crippen LogP contribution in [0.1, 0.15) is 25.3 Å². The van der Waals surface area contributed by atoms with Gasteiger partial charge >= 0.3 is 0 Å². The molecule has 0 saturated carbocycles. The Kier molecular flexibility index (Phi) is 5.83. The molecule has 1 amide bonds. The molecule has 0 unspecified atom stereocenters. The number of anilines is 2. The van der Waals surface area contributed by atoms with Gasteiger partial charge in [0.15, 0.2) is 0 Å². The number of aryl methyl sites for hydroxylation is 1. The number of nitrogens with one attached hydrogen (secondary N) is 2. The van der Waals surface area contributed by atoms with E-state index in [0.717, 1.165) is 30.8 Å². The first-order valence-corrected chi connectivity index (χ1v) is 7.45. The number of rotatable bonds is 7. The predicted octanol–water partition coefficient (Wildman–Crippen LogP) is 4.08. The van der Waals surface area contributed by atoms with E-state index < -0.39 is 0 Å². The van der Waals surface area contributed by atoms with E-state index in [4.69, 9.17) is 0 Å². The highest BCUT2D eigenvalue weighted by Gasteiger charge is 1.99. The van der Waals surface area contributed by atoms with Gasteiger partial charge in [0.05, 0.1) is 0 Å². The summed E-state index contributed by atoms with van der Waals surface area (Å²) >= 11 is 0. The smallest absolute Gasteiger partial charge is 0.224 e. The van der Waals surface area contributed by atoms with Gasteiger partial charge in [0.1, 0.15) is 0 Å². The lowest BCUT2D eigenvalue weighted by molar-refractivity contribution is -0.115. The van der Waals surface area contributed by atoms with Crippen LogP contribution in [0.15, 0.2) is 54.6 Å². The van der Waals surface area contributed by atoms with E-state index >= 15 is 0 Å². The minimum atomic E-state index is 0.0403. The second kappa shape index (κ2) is 8.10. The summed E-state index contributed by atoms with van der Waals surface area (Å²) in [6.45, 7) is 2.79. The van der Waals surface area contributed by atoms with Gasteiger partial charge < -0.3 is 10.6 Å². The van der Waals surface area contributed by atoms with E-state index in [2.05, 4.69) is 34.9 Å². The third-order valence-electron chi connectivity index (χ3n) is 3.30. The van der Waals surface area contributed by atoms with Crippen LogP contribution in [0.5, 0.6) is 0 Å². The Morgan fingerprint density at radius 2 is 1.62 bits per heavy atom. The van der Waals surface area contributed by atoms with Crippen molar-refractivity contribution in [2.24, 2.45) is 0 Å². The van der Waals surface area contributed by atoms with E-state index in [1.807, 2.05) is 37.3 Å². The van der Waals surface area contributed by atoms with Crippen molar-refractivity contribution in [2.45, 2.75) is 26.2 Å². The van der Waals surface area contributed by atoms with Gasteiger partial charge in [-0.1, -0.05) is 37.3 Å². The summed E-state index contributed by atoms with van der Waals surface area (Å²) in [6, 6.07) is 18.3. The van der Waals surface area contributed by atoms with Crippen molar-refractivity contribution in [1.29, 1.82) is 0 Å². The standard InChI is InChI=1S/C18H22N2O/c1-2-18(21)20-17-12-10-16(11-13-17)19-14-6-9-15-7-4-3-5-8-15/h3-5,7-8,10-13,19H,2,6,9,14H2,1H3,(H,20,21). The van der Waals surface area contributed by atoms with Crippen LogP contribution in [-0.2, 0) is 11.2 Å². The molecule has 0 bridgehead atoms. The molecule has 0 aliphatic heterocycles. The Morgan fingerprint density at radius 3 is 2.29 bits per heavy atom. The van der Waals surface area contributed by atoms with Gasteiger partial charge in [0.2, 0.25) is 5.91 Å². The van der Waals surface area contributed by atoms with Crippen molar-refractivity contribution in [3.8, 4) is 0 Å². The fourth-order valence-corrected chi connectivity index (χ4v) is 2.09. The maximum atomic E-state index is 11.3. The maximum absolute atomic E-state index is 11.3. The van der Waals surface area contributed by atoms with Crippen LogP contribution in [0, 0.1) is 0 Å². The number of benzene rings is 2. The molecule has 0 atom stereocenters. The molecule has 2 N–H and O–H groups in total. The lowest BCUT2D eigenvalue weighted by Gasteiger charge is -2.08. The number of carbonyl (C=O) groups excluding carboxylic acids is 1. The molecule has 0 radical (unpaired) electrons. The molecule has 0 fully saturated rings. The van der Waals surface area contributed by atoms with Crippen LogP contribution in [0.25, 0.3) is 0 Å². The largest absolute Gasteiger partial charge is 0.385 e. The molecule has 2 rings (SSSR count). The summed E-state index contributed by atoms with van der Waals surface area (Å²) in [7, 11) is 0. The van der Waals surface area contributed by atoms with Crippen molar-refractivity contribution < 1.29 is 4.79 Å². The summed E-state index contributed by atoms with van der Waals surface area (Å²) in [5, 5.41) is 6.24. The summed E-state index contributed by atoms with van der Waals surface area (Å²) in [4.78, 5) is 11.3. The van der Waals surface area contributed by atoms with Crippen LogP contribution in [-0.4, -0.2) is 12.5 Å². The molecular formula is C18H22N2O. The molecule has 0 heterocycles. The molecule has 21 heavy (non-hydrogen) atoms. The topological polar surface area (TPSA) is 41.1 Å². The van der Waals surface area contributed by atoms with Crippen molar-refractivity contribution in [3.63, 3.8) is 0 Å². The monoisotopic (exact) mass is 282 g/mol. The quantitative estimate of drug-likeness (QED) is 0.751. The molecule has 3 nitrogen and oxygen atoms in total. The van der Waals surface area contributed by atoms with Crippen molar-refractivity contribution in [2.75, 3.05) is 17.2 Å². The highest BCUT2D eigenvalue weighted by Crippen LogP contribution is 2.14. The normalized spacial score (nSPS) is 10.1. The van der Waals surface area contributed by atoms with E-state index in [1.165, 1.54) is 5.56 Å². The first kappa shape index (κ1) is 15.1. The van der Waals surface area contributed by atoms with E-state index in [-0.39, 0.29) is 5.91 Å². The molecule has 2 aromatic rings. The number of hydrogen-bond donors (Lipinski definition) is 2. The van der Waals surface area contributed by atoms with Crippen molar-refractivity contribution >= 4 is 17.3 Å². The zero-order valence-electron chi connectivity index (χ0n) is 12.4. The minimum Gasteiger partial charge on any atom is -0.385 e. The van der Waals surface area contributed by atoms with Crippen LogP contribution < -0.4 is 10.6 Å². The first-order valence-electron chi connectivity index (χ1n) is 7.45. The molecular weight excluding hydrogens is 260 g/mol. The third kappa shape index (κ3) is 5.30. The minimum absolute atomic E-state index is 0.0403. The average Bonchev–Trinajstić information content (AvgIpc) is 2.54. The van der Waals surface area contributed by atoms with Gasteiger partial charge in [-0.25, -0.2) is 0 Å². The maximum Gasteiger partial charge on any atom is 0.224 e. The zero-order valence-corrected chi connectivity index (χ0v) is 12.4. The fraction of sp³-hybridized carbons (Fsp3) is 0.278. The van der Waals surface area contributed by atoms with Gasteiger partial charge in [-0.05, 0) is 42.7 Å². The highest BCUT2D eigenvalue weighted by atomic mass is 16.1. The molecule has 0 aliphatic rings. The van der Waals surface area contributed by atoms with Crippen LogP contribution in [0.3, 0.4) is 0 Å². The molecule has 0 aromatic heterocycles. The first-order chi connectivity index (χ1) is 10.3. The fourth-order valence-electron chi connectivity index (χ4n) is 2.09. The molecule has 110 valence electrons. The number of carbonyl (C=O) groups is 1. The second-order valence-corrected chi connectivity index (χ2v) is 5.00. The number of amides is 1. The van der Waals surface area contributed by atoms with Gasteiger partial charge in [0, 0.05) is 24.3 Å². The lowest BCUT2D eigenvalue weighted by Crippen LogP contribution is -2.09. The van der Waals surface area contributed by atoms with Crippen molar-refractivity contribution in [3.05, 3.63) is 60.2 Å². The zero-order chi connectivity index (χ0) is 14.9. The number of hydrogen-bond acceptors (Lipinski definition) is 2. The third-order valence-corrected chi connectivity index (χ3v) is 3.30. The molecule has 3 heteroatoms. The predicted molar refractivity (Wildman–Crippen MR) is 88.6 cm³/mol. The van der Waals surface area contributed by atoms with E-state index in [9.17, 15) is 4.79 Å². The Morgan fingerprint density at radius 1 is 0.952 bits per heavy atom. The van der Waals surface area contributed by atoms with Crippen LogP contribution in [0.2, 0.25) is 0 Å². The lowest BCUT2D eigenvalue weighted by atomic mass is 10.1. The second-order valence-electron chi connectivity index (χ2n) is 5.00. The van der Waals surface area contributed by atoms with E-state index in [0.29, 0.717) is 6.42 Å². The Balaban J connectivity index is 1.72. The molecule has 0 aliphatic carbocycles. The highest BCUT2D eigenvalue weighted by molar-refractivity contribution is 5.90. The van der Waals surface area contributed by atoms with Gasteiger partial charge in [-0.15, -0.1) is 0 Å². The SMILES string of the molecule is CCC(=O)Nc1ccc(NCCCc2ccccc2)cc1. The summed E-state index contributed by atoms with van der Waals surface area (Å²) < 4.78 is 0. The van der Waals surface area contributed by atoms with Gasteiger partial charge in [-0.2, -0.15) is 0 Å². The van der Waals surface area contributed by atoms with Crippen LogP contribution in [0.4, 0.5) is 11.4 Å². The van der Waals surface area contributed by atoms with Gasteiger partial charge in [0.25, 0.3) is 0 Å².